The largest absolute Gasteiger partial charge is 0.497 e. The Kier molecular flexibility index (Phi) is 9.60. The number of methoxy groups -OCH3 is 1. The highest BCUT2D eigenvalue weighted by Gasteiger charge is 2.14. The number of aryl methyl sites for hydroxylation is 2. The maximum absolute atomic E-state index is 12.2. The summed E-state index contributed by atoms with van der Waals surface area (Å²) in [6, 6.07) is 16.0. The number of unbranched alkanes of at least 4 members (excludes halogenated alkanes) is 1. The minimum absolute atomic E-state index is 0.120. The molecule has 0 saturated heterocycles. The van der Waals surface area contributed by atoms with Crippen LogP contribution in [0.2, 0.25) is 0 Å². The van der Waals surface area contributed by atoms with Gasteiger partial charge in [-0.1, -0.05) is 26.0 Å². The number of carbonyl (C=O) groups excluding carboxylic acids is 1. The monoisotopic (exact) mass is 451 g/mol. The average molecular weight is 452 g/mol. The molecular formula is C27H37N3O3. The molecule has 0 radical (unpaired) electrons. The quantitative estimate of drug-likeness (QED) is 0.334. The van der Waals surface area contributed by atoms with E-state index in [4.69, 9.17) is 14.5 Å². The Hall–Kier alpha value is -3.02. The number of ether oxygens (including phenoxy) is 2. The average Bonchev–Trinajstić information content (AvgIpc) is 3.20. The van der Waals surface area contributed by atoms with Crippen LogP contribution in [0.15, 0.2) is 48.5 Å². The summed E-state index contributed by atoms with van der Waals surface area (Å²) in [6.07, 6.45) is 5.48. The molecule has 6 heteroatoms. The van der Waals surface area contributed by atoms with Crippen LogP contribution < -0.4 is 14.8 Å². The Balaban J connectivity index is 1.50. The number of para-hydroxylation sites is 2. The molecule has 6 nitrogen and oxygen atoms in total. The molecule has 178 valence electrons. The van der Waals surface area contributed by atoms with Gasteiger partial charge in [-0.25, -0.2) is 4.98 Å². The summed E-state index contributed by atoms with van der Waals surface area (Å²) < 4.78 is 13.4. The summed E-state index contributed by atoms with van der Waals surface area (Å²) in [5.41, 5.74) is 2.20. The van der Waals surface area contributed by atoms with E-state index in [0.29, 0.717) is 13.2 Å². The lowest BCUT2D eigenvalue weighted by Gasteiger charge is -2.13. The number of nitrogens with zero attached hydrogens (tertiary/aromatic N) is 2. The van der Waals surface area contributed by atoms with Crippen LogP contribution in [0.4, 0.5) is 0 Å². The molecule has 0 unspecified atom stereocenters. The summed E-state index contributed by atoms with van der Waals surface area (Å²) in [5, 5.41) is 3.09. The molecule has 1 N–H and O–H groups in total. The predicted octanol–water partition coefficient (Wildman–Crippen LogP) is 5.39. The van der Waals surface area contributed by atoms with Crippen molar-refractivity contribution in [2.75, 3.05) is 20.3 Å². The van der Waals surface area contributed by atoms with Gasteiger partial charge in [0.05, 0.1) is 24.8 Å². The van der Waals surface area contributed by atoms with Crippen molar-refractivity contribution in [2.24, 2.45) is 5.92 Å². The van der Waals surface area contributed by atoms with Crippen LogP contribution in [0.25, 0.3) is 11.0 Å². The van der Waals surface area contributed by atoms with Crippen LogP contribution in [0, 0.1) is 5.92 Å². The highest BCUT2D eigenvalue weighted by atomic mass is 16.5. The van der Waals surface area contributed by atoms with Crippen LogP contribution in [0.5, 0.6) is 11.5 Å². The van der Waals surface area contributed by atoms with E-state index >= 15 is 0 Å². The SMILES string of the molecule is CCC(CC)C(=O)NCCCc1nc2ccccc2n1CCCCOc1ccc(OC)cc1. The molecule has 1 amide bonds. The molecular weight excluding hydrogens is 414 g/mol. The zero-order chi connectivity index (χ0) is 23.5. The third-order valence-corrected chi connectivity index (χ3v) is 6.07. The van der Waals surface area contributed by atoms with Gasteiger partial charge in [-0.15, -0.1) is 0 Å². The van der Waals surface area contributed by atoms with Crippen molar-refractivity contribution in [3.63, 3.8) is 0 Å². The Morgan fingerprint density at radius 1 is 1.00 bits per heavy atom. The van der Waals surface area contributed by atoms with Gasteiger partial charge < -0.3 is 19.4 Å². The van der Waals surface area contributed by atoms with Gasteiger partial charge in [0.1, 0.15) is 17.3 Å². The van der Waals surface area contributed by atoms with Gasteiger partial charge in [0, 0.05) is 25.4 Å². The molecule has 0 aliphatic rings. The second-order valence-electron chi connectivity index (χ2n) is 8.31. The third-order valence-electron chi connectivity index (χ3n) is 6.07. The van der Waals surface area contributed by atoms with Crippen LogP contribution in [0.1, 0.15) is 51.8 Å². The maximum atomic E-state index is 12.2. The molecule has 0 aliphatic heterocycles. The summed E-state index contributed by atoms with van der Waals surface area (Å²) in [4.78, 5) is 17.1. The lowest BCUT2D eigenvalue weighted by atomic mass is 10.0. The number of fused-ring (bicyclic) bond motifs is 1. The second kappa shape index (κ2) is 12.9. The van der Waals surface area contributed by atoms with Crippen molar-refractivity contribution >= 4 is 16.9 Å². The van der Waals surface area contributed by atoms with E-state index in [1.54, 1.807) is 7.11 Å². The number of nitrogens with one attached hydrogen (secondary N) is 1. The van der Waals surface area contributed by atoms with Gasteiger partial charge in [-0.2, -0.15) is 0 Å². The highest BCUT2D eigenvalue weighted by Crippen LogP contribution is 2.19. The standard InChI is InChI=1S/C27H37N3O3/c1-4-21(5-2)27(31)28-18-10-13-26-29-24-11-6-7-12-25(24)30(26)19-8-9-20-33-23-16-14-22(32-3)15-17-23/h6-7,11-12,14-17,21H,4-5,8-10,13,18-20H2,1-3H3,(H,28,31). The molecule has 3 rings (SSSR count). The van der Waals surface area contributed by atoms with Gasteiger partial charge in [-0.3, -0.25) is 4.79 Å². The number of hydrogen-bond acceptors (Lipinski definition) is 4. The van der Waals surface area contributed by atoms with Gasteiger partial charge in [0.25, 0.3) is 0 Å². The molecule has 0 bridgehead atoms. The normalized spacial score (nSPS) is 11.2. The number of imidazole rings is 1. The summed E-state index contributed by atoms with van der Waals surface area (Å²) in [7, 11) is 1.66. The van der Waals surface area contributed by atoms with Crippen molar-refractivity contribution in [3.05, 3.63) is 54.4 Å². The zero-order valence-corrected chi connectivity index (χ0v) is 20.2. The number of aromatic nitrogens is 2. The van der Waals surface area contributed by atoms with Crippen molar-refractivity contribution in [1.82, 2.24) is 14.9 Å². The van der Waals surface area contributed by atoms with Gasteiger partial charge in [0.15, 0.2) is 0 Å². The lowest BCUT2D eigenvalue weighted by Crippen LogP contribution is -2.31. The van der Waals surface area contributed by atoms with Gasteiger partial charge in [0.2, 0.25) is 5.91 Å². The number of amides is 1. The van der Waals surface area contributed by atoms with E-state index in [9.17, 15) is 4.79 Å². The minimum Gasteiger partial charge on any atom is -0.497 e. The fourth-order valence-corrected chi connectivity index (χ4v) is 4.06. The first-order valence-electron chi connectivity index (χ1n) is 12.1. The lowest BCUT2D eigenvalue weighted by molar-refractivity contribution is -0.125. The summed E-state index contributed by atoms with van der Waals surface area (Å²) in [5.74, 6) is 3.07. The maximum Gasteiger partial charge on any atom is 0.223 e. The molecule has 2 aromatic carbocycles. The van der Waals surface area contributed by atoms with E-state index in [-0.39, 0.29) is 11.8 Å². The number of rotatable bonds is 14. The first kappa shape index (κ1) is 24.6. The molecule has 0 fully saturated rings. The Morgan fingerprint density at radius 3 is 2.45 bits per heavy atom. The summed E-state index contributed by atoms with van der Waals surface area (Å²) >= 11 is 0. The van der Waals surface area contributed by atoms with E-state index in [2.05, 4.69) is 41.9 Å². The van der Waals surface area contributed by atoms with Crippen molar-refractivity contribution in [2.45, 2.75) is 58.9 Å². The van der Waals surface area contributed by atoms with Gasteiger partial charge >= 0.3 is 0 Å². The van der Waals surface area contributed by atoms with Crippen LogP contribution in [-0.4, -0.2) is 35.7 Å². The smallest absolute Gasteiger partial charge is 0.223 e. The fraction of sp³-hybridized carbons (Fsp3) is 0.481. The highest BCUT2D eigenvalue weighted by molar-refractivity contribution is 5.78. The zero-order valence-electron chi connectivity index (χ0n) is 20.2. The minimum atomic E-state index is 0.120. The fourth-order valence-electron chi connectivity index (χ4n) is 4.06. The number of hydrogen-bond donors (Lipinski definition) is 1. The van der Waals surface area contributed by atoms with Crippen molar-refractivity contribution in [3.8, 4) is 11.5 Å². The first-order valence-corrected chi connectivity index (χ1v) is 12.1. The van der Waals surface area contributed by atoms with Crippen molar-refractivity contribution < 1.29 is 14.3 Å². The molecule has 0 saturated carbocycles. The Bertz CT molecular complexity index is 994. The Morgan fingerprint density at radius 2 is 1.73 bits per heavy atom. The van der Waals surface area contributed by atoms with E-state index < -0.39 is 0 Å². The van der Waals surface area contributed by atoms with Crippen LogP contribution >= 0.6 is 0 Å². The predicted molar refractivity (Wildman–Crippen MR) is 133 cm³/mol. The van der Waals surface area contributed by atoms with Crippen molar-refractivity contribution in [1.29, 1.82) is 0 Å². The number of carbonyl (C=O) groups is 1. The molecule has 0 spiro atoms. The van der Waals surface area contributed by atoms with Crippen LogP contribution in [-0.2, 0) is 17.8 Å². The first-order chi connectivity index (χ1) is 16.2. The van der Waals surface area contributed by atoms with Gasteiger partial charge in [-0.05, 0) is 68.5 Å². The molecule has 0 aliphatic carbocycles. The second-order valence-corrected chi connectivity index (χ2v) is 8.31. The van der Waals surface area contributed by atoms with E-state index in [1.807, 2.05) is 30.3 Å². The third kappa shape index (κ3) is 6.98. The molecule has 33 heavy (non-hydrogen) atoms. The molecule has 3 aromatic rings. The molecule has 1 aromatic heterocycles. The molecule has 1 heterocycles. The topological polar surface area (TPSA) is 65.4 Å². The van der Waals surface area contributed by atoms with E-state index in [0.717, 1.165) is 67.9 Å². The Labute approximate surface area is 197 Å². The summed E-state index contributed by atoms with van der Waals surface area (Å²) in [6.45, 7) is 6.41. The molecule has 0 atom stereocenters. The van der Waals surface area contributed by atoms with E-state index in [1.165, 1.54) is 5.52 Å². The number of benzene rings is 2. The van der Waals surface area contributed by atoms with Crippen LogP contribution in [0.3, 0.4) is 0 Å².